The Morgan fingerprint density at radius 1 is 0.337 bits per heavy atom. The highest BCUT2D eigenvalue weighted by molar-refractivity contribution is 8.00. The van der Waals surface area contributed by atoms with Gasteiger partial charge in [-0.3, -0.25) is 0 Å². The molecule has 0 radical (unpaired) electrons. The van der Waals surface area contributed by atoms with E-state index in [1.54, 1.807) is 0 Å². The van der Waals surface area contributed by atoms with E-state index in [2.05, 4.69) is 313 Å². The molecule has 0 atom stereocenters. The number of anilines is 3. The lowest BCUT2D eigenvalue weighted by Crippen LogP contribution is -2.60. The lowest BCUT2D eigenvalue weighted by molar-refractivity contribution is 0.589. The fraction of sp³-hybridized carbons (Fsp3) is 0.154. The first-order chi connectivity index (χ1) is 40.1. The van der Waals surface area contributed by atoms with Crippen molar-refractivity contribution in [1.29, 1.82) is 0 Å². The number of hydrogen-bond acceptors (Lipinski definition) is 2. The van der Waals surface area contributed by atoms with Gasteiger partial charge in [0, 0.05) is 65.1 Å². The lowest BCUT2D eigenvalue weighted by Gasteiger charge is -2.42. The highest BCUT2D eigenvalue weighted by Gasteiger charge is 2.44. The minimum absolute atomic E-state index is 0.0292. The first kappa shape index (κ1) is 51.1. The van der Waals surface area contributed by atoms with E-state index in [1.807, 2.05) is 11.8 Å². The van der Waals surface area contributed by atoms with E-state index in [1.165, 1.54) is 137 Å². The Hall–Kier alpha value is -8.77. The predicted molar refractivity (Wildman–Crippen MR) is 357 cm³/mol. The van der Waals surface area contributed by atoms with E-state index in [0.29, 0.717) is 0 Å². The second-order valence-corrected chi connectivity index (χ2v) is 27.2. The number of aromatic nitrogens is 2. The maximum Gasteiger partial charge on any atom is 0.250 e. The number of hydrogen-bond donors (Lipinski definition) is 0. The van der Waals surface area contributed by atoms with Crippen molar-refractivity contribution in [1.82, 2.24) is 9.13 Å². The molecule has 15 rings (SSSR count). The molecule has 3 nitrogen and oxygen atoms in total. The zero-order valence-electron chi connectivity index (χ0n) is 48.8. The summed E-state index contributed by atoms with van der Waals surface area (Å²) in [5, 5.41) is 5.06. The molecule has 0 unspecified atom stereocenters. The molecule has 2 aliphatic rings. The van der Waals surface area contributed by atoms with Crippen molar-refractivity contribution in [2.45, 2.75) is 88.3 Å². The van der Waals surface area contributed by atoms with Gasteiger partial charge in [-0.05, 0) is 127 Å². The van der Waals surface area contributed by atoms with Crippen molar-refractivity contribution < 1.29 is 0 Å². The van der Waals surface area contributed by atoms with Crippen LogP contribution < -0.4 is 21.3 Å². The summed E-state index contributed by atoms with van der Waals surface area (Å²) in [5.41, 5.74) is 25.8. The van der Waals surface area contributed by atoms with Gasteiger partial charge in [0.1, 0.15) is 0 Å². The molecule has 0 N–H and O–H groups in total. The van der Waals surface area contributed by atoms with E-state index < -0.39 is 0 Å². The Kier molecular flexibility index (Phi) is 11.6. The van der Waals surface area contributed by atoms with E-state index in [0.717, 1.165) is 11.4 Å². The average molecular weight is 1090 g/mol. The summed E-state index contributed by atoms with van der Waals surface area (Å²) in [5.74, 6) is 0. The van der Waals surface area contributed by atoms with Crippen LogP contribution in [0.5, 0.6) is 0 Å². The van der Waals surface area contributed by atoms with Crippen LogP contribution in [0, 0.1) is 0 Å². The summed E-state index contributed by atoms with van der Waals surface area (Å²) < 4.78 is 5.10. The molecule has 0 fully saturated rings. The van der Waals surface area contributed by atoms with Crippen molar-refractivity contribution >= 4 is 95.5 Å². The standard InChI is InChI=1S/C78H66BN3S/c1-76(2,3)52-38-34-50(35-39-52)57-28-21-29-58(51-36-40-53(41-37-51)77(4,5)6)75(57)82-66-33-20-16-27-61(66)72-67(82)44-45-70-74(72)79-62-43-42-55(80-64-31-18-14-25-59(64)60-26-15-19-32-65(60)80)48-68(62)81(63-30-17-13-24-56(63)49-22-11-10-12-23-49)69-46-54(78(7,8)9)47-71(83-70)73(69)79/h10-48H,1-9H3. The Morgan fingerprint density at radius 3 is 1.46 bits per heavy atom. The van der Waals surface area contributed by atoms with Crippen molar-refractivity contribution in [2.75, 3.05) is 4.90 Å². The Balaban J connectivity index is 1.05. The first-order valence-electron chi connectivity index (χ1n) is 29.4. The number of para-hydroxylation sites is 5. The van der Waals surface area contributed by atoms with Gasteiger partial charge in [-0.1, -0.05) is 250 Å². The second-order valence-electron chi connectivity index (χ2n) is 26.1. The van der Waals surface area contributed by atoms with Gasteiger partial charge < -0.3 is 14.0 Å². The summed E-state index contributed by atoms with van der Waals surface area (Å²) in [6.45, 7) is 20.8. The summed E-state index contributed by atoms with van der Waals surface area (Å²) in [6, 6.07) is 90.0. The van der Waals surface area contributed by atoms with Crippen LogP contribution in [0.25, 0.3) is 88.4 Å². The molecule has 11 aromatic carbocycles. The normalized spacial score (nSPS) is 13.3. The maximum absolute atomic E-state index is 2.63. The number of rotatable bonds is 6. The molecule has 402 valence electrons. The summed E-state index contributed by atoms with van der Waals surface area (Å²) in [4.78, 5) is 5.25. The Bertz CT molecular complexity index is 4620. The zero-order chi connectivity index (χ0) is 56.7. The largest absolute Gasteiger partial charge is 0.311 e. The van der Waals surface area contributed by atoms with Crippen LogP contribution in [0.1, 0.15) is 79.0 Å². The van der Waals surface area contributed by atoms with E-state index >= 15 is 0 Å². The topological polar surface area (TPSA) is 13.1 Å². The molecular weight excluding hydrogens is 1020 g/mol. The fourth-order valence-electron chi connectivity index (χ4n) is 13.6. The van der Waals surface area contributed by atoms with Crippen LogP contribution in [-0.2, 0) is 16.2 Å². The minimum atomic E-state index is -0.125. The third kappa shape index (κ3) is 8.17. The van der Waals surface area contributed by atoms with Crippen molar-refractivity contribution in [3.05, 3.63) is 253 Å². The van der Waals surface area contributed by atoms with Crippen molar-refractivity contribution in [3.8, 4) is 44.8 Å². The van der Waals surface area contributed by atoms with Gasteiger partial charge in [0.15, 0.2) is 0 Å². The molecule has 13 aromatic rings. The molecular formula is C78H66BN3S. The molecule has 0 amide bonds. The highest BCUT2D eigenvalue weighted by atomic mass is 32.2. The molecule has 0 saturated heterocycles. The van der Waals surface area contributed by atoms with Crippen LogP contribution in [0.4, 0.5) is 17.1 Å². The molecule has 2 aromatic heterocycles. The van der Waals surface area contributed by atoms with E-state index in [4.69, 9.17) is 0 Å². The van der Waals surface area contributed by atoms with Gasteiger partial charge in [-0.15, -0.1) is 0 Å². The van der Waals surface area contributed by atoms with Gasteiger partial charge in [-0.25, -0.2) is 0 Å². The van der Waals surface area contributed by atoms with Gasteiger partial charge >= 0.3 is 0 Å². The van der Waals surface area contributed by atoms with Crippen LogP contribution in [0.15, 0.2) is 246 Å². The third-order valence-corrected chi connectivity index (χ3v) is 19.0. The SMILES string of the molecule is CC(C)(C)c1ccc(-c2cccc(-c3ccc(C(C)(C)C)cc3)c2-n2c3ccccc3c3c4c(ccc32)Sc2cc(C(C)(C)C)cc3c2B4c2ccc(-n4c5ccccc5c5ccccc54)cc2N3c2ccccc2-c2ccccc2)cc1. The molecule has 83 heavy (non-hydrogen) atoms. The fourth-order valence-corrected chi connectivity index (χ4v) is 14.9. The lowest BCUT2D eigenvalue weighted by atomic mass is 9.34. The highest BCUT2D eigenvalue weighted by Crippen LogP contribution is 2.50. The molecule has 0 bridgehead atoms. The van der Waals surface area contributed by atoms with Gasteiger partial charge in [0.05, 0.1) is 33.4 Å². The molecule has 0 spiro atoms. The maximum atomic E-state index is 2.63. The molecule has 2 aliphatic heterocycles. The van der Waals surface area contributed by atoms with Crippen LogP contribution in [-0.4, -0.2) is 15.8 Å². The summed E-state index contributed by atoms with van der Waals surface area (Å²) in [6.07, 6.45) is 0. The van der Waals surface area contributed by atoms with Crippen LogP contribution in [0.2, 0.25) is 0 Å². The van der Waals surface area contributed by atoms with E-state index in [9.17, 15) is 0 Å². The second kappa shape index (κ2) is 18.9. The number of fused-ring (bicyclic) bond motifs is 11. The number of benzene rings is 11. The first-order valence-corrected chi connectivity index (χ1v) is 30.3. The van der Waals surface area contributed by atoms with Gasteiger partial charge in [0.25, 0.3) is 6.71 Å². The Morgan fingerprint density at radius 2 is 0.855 bits per heavy atom. The average Bonchev–Trinajstić information content (AvgIpc) is 3.01. The zero-order valence-corrected chi connectivity index (χ0v) is 49.7. The number of nitrogens with zero attached hydrogens (tertiary/aromatic N) is 3. The van der Waals surface area contributed by atoms with Crippen LogP contribution in [0.3, 0.4) is 0 Å². The predicted octanol–water partition coefficient (Wildman–Crippen LogP) is 19.5. The smallest absolute Gasteiger partial charge is 0.250 e. The van der Waals surface area contributed by atoms with Gasteiger partial charge in [-0.2, -0.15) is 0 Å². The van der Waals surface area contributed by atoms with Crippen LogP contribution >= 0.6 is 11.8 Å². The monoisotopic (exact) mass is 1090 g/mol. The molecule has 5 heteroatoms. The summed E-state index contributed by atoms with van der Waals surface area (Å²) >= 11 is 1.95. The summed E-state index contributed by atoms with van der Waals surface area (Å²) in [7, 11) is 0. The van der Waals surface area contributed by atoms with Crippen molar-refractivity contribution in [3.63, 3.8) is 0 Å². The van der Waals surface area contributed by atoms with E-state index in [-0.39, 0.29) is 23.0 Å². The molecule has 4 heterocycles. The minimum Gasteiger partial charge on any atom is -0.311 e. The third-order valence-electron chi connectivity index (χ3n) is 17.9. The molecule has 0 aliphatic carbocycles. The Labute approximate surface area is 493 Å². The van der Waals surface area contributed by atoms with Crippen molar-refractivity contribution in [2.24, 2.45) is 0 Å². The van der Waals surface area contributed by atoms with Gasteiger partial charge in [0.2, 0.25) is 0 Å². The quantitative estimate of drug-likeness (QED) is 0.154. The molecule has 0 saturated carbocycles.